The molecular formula is C11H18N6. The summed E-state index contributed by atoms with van der Waals surface area (Å²) in [7, 11) is 1.94. The van der Waals surface area contributed by atoms with Crippen LogP contribution in [0.3, 0.4) is 0 Å². The van der Waals surface area contributed by atoms with Crippen LogP contribution in [-0.2, 0) is 19.6 Å². The quantitative estimate of drug-likeness (QED) is 0.821. The molecule has 0 radical (unpaired) electrons. The first kappa shape index (κ1) is 11.8. The van der Waals surface area contributed by atoms with Crippen molar-refractivity contribution in [1.82, 2.24) is 29.9 Å². The van der Waals surface area contributed by atoms with Crippen LogP contribution in [0.1, 0.15) is 24.0 Å². The third-order valence-corrected chi connectivity index (χ3v) is 2.71. The summed E-state index contributed by atoms with van der Waals surface area (Å²) in [6.45, 7) is 6.41. The molecule has 0 spiro atoms. The van der Waals surface area contributed by atoms with Gasteiger partial charge in [0.1, 0.15) is 18.7 Å². The van der Waals surface area contributed by atoms with E-state index in [2.05, 4.69) is 33.6 Å². The Morgan fingerprint density at radius 3 is 2.94 bits per heavy atom. The van der Waals surface area contributed by atoms with Crippen molar-refractivity contribution >= 4 is 0 Å². The van der Waals surface area contributed by atoms with Crippen molar-refractivity contribution in [2.24, 2.45) is 0 Å². The van der Waals surface area contributed by atoms with Gasteiger partial charge in [-0.25, -0.2) is 9.67 Å². The van der Waals surface area contributed by atoms with E-state index in [4.69, 9.17) is 0 Å². The van der Waals surface area contributed by atoms with Crippen LogP contribution < -0.4 is 5.32 Å². The minimum Gasteiger partial charge on any atom is -0.316 e. The lowest BCUT2D eigenvalue weighted by atomic mass is 10.3. The van der Waals surface area contributed by atoms with Crippen LogP contribution in [-0.4, -0.2) is 31.6 Å². The van der Waals surface area contributed by atoms with Crippen LogP contribution in [0.25, 0.3) is 0 Å². The highest BCUT2D eigenvalue weighted by atomic mass is 15.4. The molecule has 17 heavy (non-hydrogen) atoms. The molecule has 2 aromatic heterocycles. The summed E-state index contributed by atoms with van der Waals surface area (Å²) in [6, 6.07) is 0. The smallest absolute Gasteiger partial charge is 0.148 e. The highest BCUT2D eigenvalue weighted by Crippen LogP contribution is 2.06. The monoisotopic (exact) mass is 234 g/mol. The van der Waals surface area contributed by atoms with Crippen LogP contribution in [0.5, 0.6) is 0 Å². The summed E-state index contributed by atoms with van der Waals surface area (Å²) in [5.74, 6) is 0.936. The number of nitrogens with one attached hydrogen (secondary N) is 1. The summed E-state index contributed by atoms with van der Waals surface area (Å²) in [5, 5.41) is 11.8. The first-order valence-electron chi connectivity index (χ1n) is 5.78. The number of hydrogen-bond donors (Lipinski definition) is 1. The molecule has 0 saturated carbocycles. The molecule has 92 valence electrons. The molecule has 0 bridgehead atoms. The summed E-state index contributed by atoms with van der Waals surface area (Å²) in [6.07, 6.45) is 3.64. The van der Waals surface area contributed by atoms with E-state index in [1.54, 1.807) is 6.33 Å². The summed E-state index contributed by atoms with van der Waals surface area (Å²) in [5.41, 5.74) is 2.27. The molecule has 0 fully saturated rings. The van der Waals surface area contributed by atoms with E-state index in [-0.39, 0.29) is 0 Å². The van der Waals surface area contributed by atoms with Gasteiger partial charge in [0.15, 0.2) is 0 Å². The average Bonchev–Trinajstić information content (AvgIpc) is 2.87. The maximum atomic E-state index is 4.48. The minimum atomic E-state index is 0.665. The highest BCUT2D eigenvalue weighted by molar-refractivity contribution is 5.15. The Balaban J connectivity index is 2.16. The van der Waals surface area contributed by atoms with E-state index in [0.29, 0.717) is 6.54 Å². The number of hydrogen-bond acceptors (Lipinski definition) is 4. The topological polar surface area (TPSA) is 60.6 Å². The lowest BCUT2D eigenvalue weighted by molar-refractivity contribution is 0.566. The molecule has 2 rings (SSSR count). The third-order valence-electron chi connectivity index (χ3n) is 2.71. The van der Waals surface area contributed by atoms with Gasteiger partial charge < -0.3 is 5.32 Å². The van der Waals surface area contributed by atoms with Crippen molar-refractivity contribution in [3.63, 3.8) is 0 Å². The Bertz CT molecular complexity index is 484. The molecule has 0 aliphatic rings. The normalized spacial score (nSPS) is 11.0. The summed E-state index contributed by atoms with van der Waals surface area (Å²) >= 11 is 0. The van der Waals surface area contributed by atoms with E-state index in [0.717, 1.165) is 24.6 Å². The van der Waals surface area contributed by atoms with E-state index in [1.165, 1.54) is 5.56 Å². The Morgan fingerprint density at radius 2 is 2.24 bits per heavy atom. The van der Waals surface area contributed by atoms with Gasteiger partial charge in [-0.05, 0) is 20.9 Å². The molecule has 0 aliphatic heterocycles. The second-order valence-electron chi connectivity index (χ2n) is 3.96. The molecule has 0 amide bonds. The highest BCUT2D eigenvalue weighted by Gasteiger charge is 2.07. The second-order valence-corrected chi connectivity index (χ2v) is 3.96. The molecule has 2 aromatic rings. The molecule has 1 N–H and O–H groups in total. The minimum absolute atomic E-state index is 0.665. The number of aryl methyl sites for hydroxylation is 2. The van der Waals surface area contributed by atoms with E-state index in [1.807, 2.05) is 23.3 Å². The molecule has 0 saturated heterocycles. The van der Waals surface area contributed by atoms with Gasteiger partial charge in [-0.2, -0.15) is 10.2 Å². The zero-order chi connectivity index (χ0) is 12.3. The van der Waals surface area contributed by atoms with Crippen molar-refractivity contribution in [2.45, 2.75) is 33.5 Å². The summed E-state index contributed by atoms with van der Waals surface area (Å²) in [4.78, 5) is 4.24. The van der Waals surface area contributed by atoms with Crippen molar-refractivity contribution in [1.29, 1.82) is 0 Å². The fourth-order valence-electron chi connectivity index (χ4n) is 1.82. The first-order valence-corrected chi connectivity index (χ1v) is 5.78. The second kappa shape index (κ2) is 5.09. The van der Waals surface area contributed by atoms with Gasteiger partial charge in [-0.1, -0.05) is 0 Å². The number of nitrogens with zero attached hydrogens (tertiary/aromatic N) is 5. The fraction of sp³-hybridized carbons (Fsp3) is 0.545. The molecular weight excluding hydrogens is 216 g/mol. The molecule has 2 heterocycles. The zero-order valence-corrected chi connectivity index (χ0v) is 10.5. The summed E-state index contributed by atoms with van der Waals surface area (Å²) < 4.78 is 3.80. The SMILES string of the molecule is CCn1ncnc1Cn1cc(CNC)c(C)n1. The van der Waals surface area contributed by atoms with Gasteiger partial charge in [0, 0.05) is 24.8 Å². The van der Waals surface area contributed by atoms with Gasteiger partial charge in [0.05, 0.1) is 5.69 Å². The number of rotatable bonds is 5. The standard InChI is InChI=1S/C11H18N6/c1-4-17-11(13-8-14-17)7-16-6-10(5-12-3)9(2)15-16/h6,8,12H,4-5,7H2,1-3H3. The van der Waals surface area contributed by atoms with Crippen LogP contribution in [0.4, 0.5) is 0 Å². The van der Waals surface area contributed by atoms with Gasteiger partial charge in [0.2, 0.25) is 0 Å². The Kier molecular flexibility index (Phi) is 3.53. The van der Waals surface area contributed by atoms with Gasteiger partial charge in [-0.3, -0.25) is 4.68 Å². The Hall–Kier alpha value is -1.69. The predicted octanol–water partition coefficient (Wildman–Crippen LogP) is 0.571. The lowest BCUT2D eigenvalue weighted by Gasteiger charge is -2.02. The maximum absolute atomic E-state index is 4.48. The predicted molar refractivity (Wildman–Crippen MR) is 64.5 cm³/mol. The van der Waals surface area contributed by atoms with E-state index < -0.39 is 0 Å². The molecule has 6 nitrogen and oxygen atoms in total. The van der Waals surface area contributed by atoms with Crippen LogP contribution >= 0.6 is 0 Å². The van der Waals surface area contributed by atoms with Crippen molar-refractivity contribution < 1.29 is 0 Å². The largest absolute Gasteiger partial charge is 0.316 e. The van der Waals surface area contributed by atoms with Crippen molar-refractivity contribution in [3.05, 3.63) is 29.6 Å². The van der Waals surface area contributed by atoms with Crippen molar-refractivity contribution in [3.8, 4) is 0 Å². The van der Waals surface area contributed by atoms with Crippen LogP contribution in [0.2, 0.25) is 0 Å². The van der Waals surface area contributed by atoms with Gasteiger partial charge >= 0.3 is 0 Å². The van der Waals surface area contributed by atoms with Gasteiger partial charge in [-0.15, -0.1) is 0 Å². The number of aromatic nitrogens is 5. The van der Waals surface area contributed by atoms with Crippen LogP contribution in [0.15, 0.2) is 12.5 Å². The Labute approximate surface area is 101 Å². The third kappa shape index (κ3) is 2.52. The fourth-order valence-corrected chi connectivity index (χ4v) is 1.82. The van der Waals surface area contributed by atoms with E-state index >= 15 is 0 Å². The zero-order valence-electron chi connectivity index (χ0n) is 10.5. The average molecular weight is 234 g/mol. The Morgan fingerprint density at radius 1 is 1.41 bits per heavy atom. The molecule has 0 aliphatic carbocycles. The van der Waals surface area contributed by atoms with Crippen LogP contribution in [0, 0.1) is 6.92 Å². The van der Waals surface area contributed by atoms with Gasteiger partial charge in [0.25, 0.3) is 0 Å². The molecule has 0 unspecified atom stereocenters. The lowest BCUT2D eigenvalue weighted by Crippen LogP contribution is -2.09. The van der Waals surface area contributed by atoms with E-state index in [9.17, 15) is 0 Å². The molecule has 6 heteroatoms. The first-order chi connectivity index (χ1) is 8.24. The molecule has 0 atom stereocenters. The van der Waals surface area contributed by atoms with Crippen molar-refractivity contribution in [2.75, 3.05) is 7.05 Å². The maximum Gasteiger partial charge on any atom is 0.148 e. The molecule has 0 aromatic carbocycles.